The van der Waals surface area contributed by atoms with Gasteiger partial charge in [-0.25, -0.2) is 0 Å². The van der Waals surface area contributed by atoms with Crippen LogP contribution in [0.25, 0.3) is 0 Å². The maximum atomic E-state index is 3.53. The first kappa shape index (κ1) is 10.4. The van der Waals surface area contributed by atoms with Crippen LogP contribution in [0.15, 0.2) is 48.5 Å². The topological polar surface area (TPSA) is 12.0 Å². The van der Waals surface area contributed by atoms with Gasteiger partial charge in [-0.2, -0.15) is 0 Å². The van der Waals surface area contributed by atoms with E-state index < -0.39 is 0 Å². The number of nitrogens with one attached hydrogen (secondary N) is 1. The van der Waals surface area contributed by atoms with E-state index >= 15 is 0 Å². The minimum Gasteiger partial charge on any atom is -0.355 e. The van der Waals surface area contributed by atoms with Crippen molar-refractivity contribution in [2.24, 2.45) is 0 Å². The van der Waals surface area contributed by atoms with Gasteiger partial charge in [-0.15, -0.1) is 0 Å². The molecule has 0 aromatic heterocycles. The van der Waals surface area contributed by atoms with E-state index in [-0.39, 0.29) is 0 Å². The van der Waals surface area contributed by atoms with Gasteiger partial charge in [0.15, 0.2) is 0 Å². The SMILES string of the molecule is CCCC1c2ccccc2Nc2ccccc21. The molecule has 0 saturated heterocycles. The molecule has 2 aromatic carbocycles. The van der Waals surface area contributed by atoms with Gasteiger partial charge in [-0.3, -0.25) is 0 Å². The first-order chi connectivity index (χ1) is 8.40. The maximum Gasteiger partial charge on any atom is 0.0423 e. The molecule has 0 aliphatic carbocycles. The number of fused-ring (bicyclic) bond motifs is 2. The summed E-state index contributed by atoms with van der Waals surface area (Å²) in [6.45, 7) is 2.26. The van der Waals surface area contributed by atoms with Crippen molar-refractivity contribution in [3.05, 3.63) is 59.7 Å². The molecule has 0 radical (unpaired) electrons. The zero-order valence-electron chi connectivity index (χ0n) is 10.1. The zero-order valence-corrected chi connectivity index (χ0v) is 10.1. The molecule has 1 aliphatic rings. The fourth-order valence-corrected chi connectivity index (χ4v) is 2.74. The molecular weight excluding hydrogens is 206 g/mol. The average Bonchev–Trinajstić information content (AvgIpc) is 2.39. The minimum atomic E-state index is 0.550. The molecule has 1 nitrogen and oxygen atoms in total. The molecule has 0 unspecified atom stereocenters. The Bertz CT molecular complexity index is 485. The first-order valence-electron chi connectivity index (χ1n) is 6.35. The van der Waals surface area contributed by atoms with Crippen LogP contribution in [0.2, 0.25) is 0 Å². The standard InChI is InChI=1S/C16H17N/c1-2-7-12-13-8-3-5-10-15(13)17-16-11-6-4-9-14(12)16/h3-6,8-12,17H,2,7H2,1H3. The third-order valence-corrected chi connectivity index (χ3v) is 3.52. The third-order valence-electron chi connectivity index (χ3n) is 3.52. The summed E-state index contributed by atoms with van der Waals surface area (Å²) >= 11 is 0. The predicted molar refractivity (Wildman–Crippen MR) is 72.9 cm³/mol. The Morgan fingerprint density at radius 2 is 1.41 bits per heavy atom. The molecule has 17 heavy (non-hydrogen) atoms. The minimum absolute atomic E-state index is 0.550. The normalized spacial score (nSPS) is 13.7. The molecule has 3 rings (SSSR count). The van der Waals surface area contributed by atoms with Crippen molar-refractivity contribution in [1.29, 1.82) is 0 Å². The van der Waals surface area contributed by atoms with Crippen LogP contribution in [0.4, 0.5) is 11.4 Å². The van der Waals surface area contributed by atoms with E-state index in [9.17, 15) is 0 Å². The summed E-state index contributed by atoms with van der Waals surface area (Å²) in [5, 5.41) is 3.53. The highest BCUT2D eigenvalue weighted by atomic mass is 14.9. The van der Waals surface area contributed by atoms with Gasteiger partial charge in [0.05, 0.1) is 0 Å². The number of para-hydroxylation sites is 2. The molecule has 0 bridgehead atoms. The van der Waals surface area contributed by atoms with Crippen molar-refractivity contribution in [3.63, 3.8) is 0 Å². The Morgan fingerprint density at radius 1 is 0.882 bits per heavy atom. The van der Waals surface area contributed by atoms with Crippen LogP contribution in [0.5, 0.6) is 0 Å². The number of benzene rings is 2. The first-order valence-corrected chi connectivity index (χ1v) is 6.35. The second-order valence-electron chi connectivity index (χ2n) is 4.64. The molecular formula is C16H17N. The molecule has 2 aromatic rings. The van der Waals surface area contributed by atoms with Crippen LogP contribution in [0.1, 0.15) is 36.8 Å². The Labute approximate surface area is 102 Å². The highest BCUT2D eigenvalue weighted by molar-refractivity contribution is 5.73. The molecule has 1 heterocycles. The second kappa shape index (κ2) is 4.25. The Hall–Kier alpha value is -1.76. The number of hydrogen-bond acceptors (Lipinski definition) is 1. The summed E-state index contributed by atoms with van der Waals surface area (Å²) in [5.41, 5.74) is 5.41. The van der Waals surface area contributed by atoms with E-state index in [4.69, 9.17) is 0 Å². The number of hydrogen-bond donors (Lipinski definition) is 1. The quantitative estimate of drug-likeness (QED) is 0.779. The van der Waals surface area contributed by atoms with Crippen molar-refractivity contribution >= 4 is 11.4 Å². The molecule has 0 saturated carbocycles. The van der Waals surface area contributed by atoms with Crippen LogP contribution < -0.4 is 5.32 Å². The van der Waals surface area contributed by atoms with Crippen LogP contribution >= 0.6 is 0 Å². The van der Waals surface area contributed by atoms with Gasteiger partial charge in [0.1, 0.15) is 0 Å². The zero-order chi connectivity index (χ0) is 11.7. The largest absolute Gasteiger partial charge is 0.355 e. The summed E-state index contributed by atoms with van der Waals surface area (Å²) in [7, 11) is 0. The predicted octanol–water partition coefficient (Wildman–Crippen LogP) is 4.68. The lowest BCUT2D eigenvalue weighted by Crippen LogP contribution is -2.12. The molecule has 0 fully saturated rings. The molecule has 1 aliphatic heterocycles. The third kappa shape index (κ3) is 1.72. The van der Waals surface area contributed by atoms with Gasteiger partial charge in [-0.1, -0.05) is 49.7 Å². The van der Waals surface area contributed by atoms with Crippen LogP contribution in [0, 0.1) is 0 Å². The molecule has 1 heteroatoms. The van der Waals surface area contributed by atoms with Crippen molar-refractivity contribution in [2.45, 2.75) is 25.7 Å². The maximum absolute atomic E-state index is 3.53. The second-order valence-corrected chi connectivity index (χ2v) is 4.64. The lowest BCUT2D eigenvalue weighted by Gasteiger charge is -2.29. The summed E-state index contributed by atoms with van der Waals surface area (Å²) in [4.78, 5) is 0. The Kier molecular flexibility index (Phi) is 2.60. The van der Waals surface area contributed by atoms with E-state index in [2.05, 4.69) is 60.8 Å². The van der Waals surface area contributed by atoms with Crippen LogP contribution in [-0.4, -0.2) is 0 Å². The van der Waals surface area contributed by atoms with Crippen molar-refractivity contribution in [2.75, 3.05) is 5.32 Å². The summed E-state index contributed by atoms with van der Waals surface area (Å²) < 4.78 is 0. The lowest BCUT2D eigenvalue weighted by molar-refractivity contribution is 0.696. The van der Waals surface area contributed by atoms with Gasteiger partial charge in [0, 0.05) is 17.3 Å². The van der Waals surface area contributed by atoms with Crippen LogP contribution in [0.3, 0.4) is 0 Å². The molecule has 0 atom stereocenters. The van der Waals surface area contributed by atoms with E-state index in [0.29, 0.717) is 5.92 Å². The highest BCUT2D eigenvalue weighted by Gasteiger charge is 2.23. The van der Waals surface area contributed by atoms with Gasteiger partial charge >= 0.3 is 0 Å². The smallest absolute Gasteiger partial charge is 0.0423 e. The Balaban J connectivity index is 2.13. The fourth-order valence-electron chi connectivity index (χ4n) is 2.74. The Morgan fingerprint density at radius 3 is 1.94 bits per heavy atom. The molecule has 0 amide bonds. The summed E-state index contributed by atoms with van der Waals surface area (Å²) in [5.74, 6) is 0.550. The summed E-state index contributed by atoms with van der Waals surface area (Å²) in [6.07, 6.45) is 2.43. The number of rotatable bonds is 2. The summed E-state index contributed by atoms with van der Waals surface area (Å²) in [6, 6.07) is 17.3. The van der Waals surface area contributed by atoms with Crippen molar-refractivity contribution < 1.29 is 0 Å². The number of anilines is 2. The lowest BCUT2D eigenvalue weighted by atomic mass is 9.83. The molecule has 0 spiro atoms. The monoisotopic (exact) mass is 223 g/mol. The average molecular weight is 223 g/mol. The fraction of sp³-hybridized carbons (Fsp3) is 0.250. The highest BCUT2D eigenvalue weighted by Crippen LogP contribution is 2.42. The van der Waals surface area contributed by atoms with E-state index in [1.807, 2.05) is 0 Å². The van der Waals surface area contributed by atoms with Crippen molar-refractivity contribution in [1.82, 2.24) is 0 Å². The van der Waals surface area contributed by atoms with Gasteiger partial charge in [0.2, 0.25) is 0 Å². The van der Waals surface area contributed by atoms with Crippen LogP contribution in [-0.2, 0) is 0 Å². The van der Waals surface area contributed by atoms with Gasteiger partial charge in [-0.05, 0) is 29.7 Å². The van der Waals surface area contributed by atoms with Crippen molar-refractivity contribution in [3.8, 4) is 0 Å². The van der Waals surface area contributed by atoms with Gasteiger partial charge in [0.25, 0.3) is 0 Å². The molecule has 86 valence electrons. The van der Waals surface area contributed by atoms with Gasteiger partial charge < -0.3 is 5.32 Å². The van der Waals surface area contributed by atoms with E-state index in [1.165, 1.54) is 35.3 Å². The van der Waals surface area contributed by atoms with E-state index in [1.54, 1.807) is 0 Å². The molecule has 1 N–H and O–H groups in total. The van der Waals surface area contributed by atoms with E-state index in [0.717, 1.165) is 0 Å².